The van der Waals surface area contributed by atoms with Gasteiger partial charge in [-0.15, -0.1) is 0 Å². The van der Waals surface area contributed by atoms with Crippen molar-refractivity contribution >= 4 is 16.0 Å². The van der Waals surface area contributed by atoms with Crippen LogP contribution in [-0.4, -0.2) is 24.9 Å². The summed E-state index contributed by atoms with van der Waals surface area (Å²) in [5.41, 5.74) is 2.17. The molecule has 0 radical (unpaired) electrons. The van der Waals surface area contributed by atoms with Gasteiger partial charge in [0.25, 0.3) is 0 Å². The molecule has 21 heavy (non-hydrogen) atoms. The van der Waals surface area contributed by atoms with Crippen molar-refractivity contribution < 1.29 is 8.42 Å². The van der Waals surface area contributed by atoms with Crippen molar-refractivity contribution in [1.82, 2.24) is 14.7 Å². The zero-order valence-electron chi connectivity index (χ0n) is 12.9. The molecule has 0 atom stereocenters. The van der Waals surface area contributed by atoms with Crippen LogP contribution >= 0.6 is 0 Å². The molecular weight excluding hydrogens is 290 g/mol. The fraction of sp³-hybridized carbons (Fsp3) is 0.692. The van der Waals surface area contributed by atoms with E-state index in [-0.39, 0.29) is 16.3 Å². The first-order valence-electron chi connectivity index (χ1n) is 7.09. The topological polar surface area (TPSA) is 110 Å². The molecule has 1 rings (SSSR count). The standard InChI is InChI=1S/C13H25N5O2S/c1-4-5-6-7-13(2,3)10-17-21(19,20)11-8-15-12(18-14)16-9-11/h8-9,17H,4-7,10,14H2,1-3H3,(H,15,16,18). The molecule has 0 unspecified atom stereocenters. The molecule has 1 aromatic heterocycles. The average Bonchev–Trinajstić information content (AvgIpc) is 2.46. The summed E-state index contributed by atoms with van der Waals surface area (Å²) in [6.45, 7) is 6.65. The van der Waals surface area contributed by atoms with Crippen molar-refractivity contribution in [3.8, 4) is 0 Å². The van der Waals surface area contributed by atoms with E-state index in [2.05, 4.69) is 40.9 Å². The minimum atomic E-state index is -3.59. The molecule has 8 heteroatoms. The van der Waals surface area contributed by atoms with Gasteiger partial charge in [-0.05, 0) is 11.8 Å². The third kappa shape index (κ3) is 5.94. The fourth-order valence-corrected chi connectivity index (χ4v) is 2.98. The first kappa shape index (κ1) is 17.8. The first-order chi connectivity index (χ1) is 9.80. The molecule has 0 saturated heterocycles. The summed E-state index contributed by atoms with van der Waals surface area (Å²) in [7, 11) is -3.59. The van der Waals surface area contributed by atoms with Gasteiger partial charge in [0, 0.05) is 6.54 Å². The molecule has 0 fully saturated rings. The quantitative estimate of drug-likeness (QED) is 0.363. The summed E-state index contributed by atoms with van der Waals surface area (Å²) < 4.78 is 27.0. The Balaban J connectivity index is 2.63. The third-order valence-corrected chi connectivity index (χ3v) is 4.62. The van der Waals surface area contributed by atoms with E-state index in [0.29, 0.717) is 6.54 Å². The predicted molar refractivity (Wildman–Crippen MR) is 83.0 cm³/mol. The summed E-state index contributed by atoms with van der Waals surface area (Å²) in [5.74, 6) is 5.32. The highest BCUT2D eigenvalue weighted by molar-refractivity contribution is 7.89. The number of hydrazine groups is 1. The van der Waals surface area contributed by atoms with Crippen LogP contribution in [0.25, 0.3) is 0 Å². The molecule has 0 saturated carbocycles. The van der Waals surface area contributed by atoms with Gasteiger partial charge in [0.2, 0.25) is 16.0 Å². The molecule has 0 aliphatic heterocycles. The largest absolute Gasteiger partial charge is 0.292 e. The van der Waals surface area contributed by atoms with Crippen molar-refractivity contribution in [2.45, 2.75) is 51.3 Å². The first-order valence-corrected chi connectivity index (χ1v) is 8.57. The lowest BCUT2D eigenvalue weighted by Gasteiger charge is -2.24. The van der Waals surface area contributed by atoms with E-state index in [4.69, 9.17) is 5.84 Å². The van der Waals surface area contributed by atoms with Gasteiger partial charge >= 0.3 is 0 Å². The van der Waals surface area contributed by atoms with Gasteiger partial charge in [-0.2, -0.15) is 0 Å². The van der Waals surface area contributed by atoms with Crippen LogP contribution < -0.4 is 16.0 Å². The molecule has 0 aliphatic carbocycles. The Morgan fingerprint density at radius 2 is 1.86 bits per heavy atom. The van der Waals surface area contributed by atoms with Crippen LogP contribution in [0.2, 0.25) is 0 Å². The van der Waals surface area contributed by atoms with Gasteiger partial charge in [0.1, 0.15) is 4.90 Å². The van der Waals surface area contributed by atoms with Gasteiger partial charge in [0.15, 0.2) is 0 Å². The Morgan fingerprint density at radius 1 is 1.24 bits per heavy atom. The third-order valence-electron chi connectivity index (χ3n) is 3.27. The number of nitrogens with zero attached hydrogens (tertiary/aromatic N) is 2. The van der Waals surface area contributed by atoms with Gasteiger partial charge in [0.05, 0.1) is 12.4 Å². The van der Waals surface area contributed by atoms with Crippen LogP contribution in [0.5, 0.6) is 0 Å². The molecule has 120 valence electrons. The van der Waals surface area contributed by atoms with Crippen molar-refractivity contribution in [2.75, 3.05) is 12.0 Å². The molecule has 0 bridgehead atoms. The molecule has 0 amide bonds. The van der Waals surface area contributed by atoms with Crippen molar-refractivity contribution in [3.63, 3.8) is 0 Å². The van der Waals surface area contributed by atoms with Crippen LogP contribution in [0.4, 0.5) is 5.95 Å². The number of anilines is 1. The minimum Gasteiger partial charge on any atom is -0.292 e. The number of nitrogens with two attached hydrogens (primary N) is 1. The molecule has 0 aromatic carbocycles. The van der Waals surface area contributed by atoms with Gasteiger partial charge in [-0.3, -0.25) is 5.43 Å². The van der Waals surface area contributed by atoms with E-state index in [9.17, 15) is 8.42 Å². The second-order valence-corrected chi connectivity index (χ2v) is 7.60. The highest BCUT2D eigenvalue weighted by Crippen LogP contribution is 2.23. The van der Waals surface area contributed by atoms with Crippen molar-refractivity contribution in [3.05, 3.63) is 12.4 Å². The Labute approximate surface area is 126 Å². The van der Waals surface area contributed by atoms with E-state index >= 15 is 0 Å². The zero-order chi connectivity index (χ0) is 15.9. The van der Waals surface area contributed by atoms with E-state index < -0.39 is 10.0 Å². The number of rotatable bonds is 9. The highest BCUT2D eigenvalue weighted by Gasteiger charge is 2.22. The molecule has 7 nitrogen and oxygen atoms in total. The van der Waals surface area contributed by atoms with E-state index in [1.807, 2.05) is 0 Å². The minimum absolute atomic E-state index is 0.0332. The summed E-state index contributed by atoms with van der Waals surface area (Å²) >= 11 is 0. The predicted octanol–water partition coefficient (Wildman–Crippen LogP) is 1.65. The van der Waals surface area contributed by atoms with Crippen LogP contribution in [0.1, 0.15) is 46.5 Å². The van der Waals surface area contributed by atoms with Crippen LogP contribution in [0.3, 0.4) is 0 Å². The Hall–Kier alpha value is -1.25. The number of hydrogen-bond donors (Lipinski definition) is 3. The number of nitrogens with one attached hydrogen (secondary N) is 2. The monoisotopic (exact) mass is 315 g/mol. The van der Waals surface area contributed by atoms with E-state index in [0.717, 1.165) is 25.7 Å². The lowest BCUT2D eigenvalue weighted by atomic mass is 9.87. The second kappa shape index (κ2) is 7.67. The Kier molecular flexibility index (Phi) is 6.50. The smallest absolute Gasteiger partial charge is 0.243 e. The van der Waals surface area contributed by atoms with Crippen LogP contribution in [0.15, 0.2) is 17.3 Å². The van der Waals surface area contributed by atoms with Gasteiger partial charge in [-0.25, -0.2) is 29.0 Å². The molecule has 1 aromatic rings. The summed E-state index contributed by atoms with van der Waals surface area (Å²) in [6.07, 6.45) is 6.86. The van der Waals surface area contributed by atoms with Crippen LogP contribution in [-0.2, 0) is 10.0 Å². The Bertz CT molecular complexity index is 528. The number of sulfonamides is 1. The molecule has 0 aliphatic rings. The lowest BCUT2D eigenvalue weighted by Crippen LogP contribution is -2.34. The number of aromatic nitrogens is 2. The van der Waals surface area contributed by atoms with E-state index in [1.165, 1.54) is 12.4 Å². The van der Waals surface area contributed by atoms with Crippen molar-refractivity contribution in [1.29, 1.82) is 0 Å². The number of unbranched alkanes of at least 4 members (excludes halogenated alkanes) is 2. The van der Waals surface area contributed by atoms with E-state index in [1.54, 1.807) is 0 Å². The summed E-state index contributed by atoms with van der Waals surface area (Å²) in [6, 6.07) is 0. The highest BCUT2D eigenvalue weighted by atomic mass is 32.2. The number of hydrogen-bond acceptors (Lipinski definition) is 6. The van der Waals surface area contributed by atoms with Gasteiger partial charge < -0.3 is 0 Å². The Morgan fingerprint density at radius 3 is 2.38 bits per heavy atom. The second-order valence-electron chi connectivity index (χ2n) is 5.83. The molecule has 1 heterocycles. The normalized spacial score (nSPS) is 12.4. The van der Waals surface area contributed by atoms with Crippen LogP contribution in [0, 0.1) is 5.41 Å². The average molecular weight is 315 g/mol. The maximum atomic E-state index is 12.2. The fourth-order valence-electron chi connectivity index (χ4n) is 1.85. The van der Waals surface area contributed by atoms with Crippen molar-refractivity contribution in [2.24, 2.45) is 11.3 Å². The molecule has 0 spiro atoms. The lowest BCUT2D eigenvalue weighted by molar-refractivity contribution is 0.320. The SMILES string of the molecule is CCCCCC(C)(C)CNS(=O)(=O)c1cnc(NN)nc1. The maximum Gasteiger partial charge on any atom is 0.243 e. The number of nitrogen functional groups attached to an aromatic ring is 1. The van der Waals surface area contributed by atoms with Gasteiger partial charge in [-0.1, -0.05) is 40.0 Å². The summed E-state index contributed by atoms with van der Waals surface area (Å²) in [4.78, 5) is 7.64. The zero-order valence-corrected chi connectivity index (χ0v) is 13.7. The molecule has 4 N–H and O–H groups in total. The maximum absolute atomic E-state index is 12.2. The summed E-state index contributed by atoms with van der Waals surface area (Å²) in [5, 5.41) is 0. The molecular formula is C13H25N5O2S.